The number of benzene rings is 4. The number of nitrogens with zero attached hydrogens (tertiary/aromatic N) is 1. The Hall–Kier alpha value is -4.21. The molecule has 0 fully saturated rings. The van der Waals surface area contributed by atoms with Gasteiger partial charge < -0.3 is 20.9 Å². The topological polar surface area (TPSA) is 108 Å². The van der Waals surface area contributed by atoms with Gasteiger partial charge in [-0.3, -0.25) is 9.59 Å². The largest absolute Gasteiger partial charge is 0.379 e. The number of nitrogens with one attached hydrogen (secondary N) is 3. The quantitative estimate of drug-likeness (QED) is 0.318. The van der Waals surface area contributed by atoms with Crippen molar-refractivity contribution in [2.24, 2.45) is 0 Å². The maximum atomic E-state index is 14.8. The monoisotopic (exact) mass is 556 g/mol. The van der Waals surface area contributed by atoms with Gasteiger partial charge in [-0.1, -0.05) is 66.7 Å². The zero-order valence-electron chi connectivity index (χ0n) is 22.6. The fourth-order valence-electron chi connectivity index (χ4n) is 5.07. The number of hydrogen-bond donors (Lipinski definition) is 3. The number of fused-ring (bicyclic) bond motifs is 2. The molecule has 0 spiro atoms. The molecule has 1 heterocycles. The van der Waals surface area contributed by atoms with Crippen LogP contribution in [-0.2, 0) is 26.0 Å². The average Bonchev–Trinajstić information content (AvgIpc) is 3.09. The van der Waals surface area contributed by atoms with Crippen LogP contribution in [0.15, 0.2) is 95.9 Å². The van der Waals surface area contributed by atoms with E-state index in [1.165, 1.54) is 17.0 Å². The van der Waals surface area contributed by atoms with Crippen molar-refractivity contribution in [1.29, 1.82) is 0 Å². The van der Waals surface area contributed by atoms with Gasteiger partial charge >= 0.3 is 0 Å². The highest BCUT2D eigenvalue weighted by atomic mass is 32.2. The Morgan fingerprint density at radius 1 is 0.975 bits per heavy atom. The lowest BCUT2D eigenvalue weighted by molar-refractivity contribution is -0.129. The van der Waals surface area contributed by atoms with Gasteiger partial charge in [0.1, 0.15) is 0 Å². The molecule has 3 N–H and O–H groups in total. The molecule has 1 aliphatic heterocycles. The Balaban J connectivity index is 1.73. The molecule has 4 aromatic carbocycles. The van der Waals surface area contributed by atoms with Crippen LogP contribution in [-0.4, -0.2) is 44.7 Å². The number of anilines is 2. The molecular weight excluding hydrogens is 524 g/mol. The summed E-state index contributed by atoms with van der Waals surface area (Å²) in [6.45, 7) is 3.33. The van der Waals surface area contributed by atoms with Crippen molar-refractivity contribution in [2.45, 2.75) is 36.2 Å². The minimum Gasteiger partial charge on any atom is -0.379 e. The number of aryl methyl sites for hydroxylation is 1. The van der Waals surface area contributed by atoms with Gasteiger partial charge in [0.15, 0.2) is 0 Å². The number of carbonyl (C=O) groups excluding carboxylic acids is 2. The maximum absolute atomic E-state index is 14.8. The zero-order chi connectivity index (χ0) is 28.5. The average molecular weight is 557 g/mol. The molecule has 0 saturated carbocycles. The molecule has 0 aliphatic carbocycles. The van der Waals surface area contributed by atoms with Crippen LogP contribution in [0.1, 0.15) is 18.1 Å². The molecule has 2 atom stereocenters. The maximum Gasteiger partial charge on any atom is 0.271 e. The van der Waals surface area contributed by atoms with Crippen LogP contribution in [0.3, 0.4) is 0 Å². The van der Waals surface area contributed by atoms with Gasteiger partial charge in [0.2, 0.25) is 20.6 Å². The Morgan fingerprint density at radius 3 is 2.40 bits per heavy atom. The molecule has 0 aromatic heterocycles. The highest BCUT2D eigenvalue weighted by Crippen LogP contribution is 2.38. The third-order valence-electron chi connectivity index (χ3n) is 7.57. The van der Waals surface area contributed by atoms with Crippen LogP contribution in [0, 0.1) is 6.92 Å². The summed E-state index contributed by atoms with van der Waals surface area (Å²) in [6, 6.07) is 26.1. The van der Waals surface area contributed by atoms with Crippen LogP contribution < -0.4 is 20.9 Å². The first-order valence-electron chi connectivity index (χ1n) is 13.1. The molecule has 206 valence electrons. The van der Waals surface area contributed by atoms with Gasteiger partial charge in [-0.2, -0.15) is 0 Å². The third kappa shape index (κ3) is 4.61. The molecule has 8 nitrogen and oxygen atoms in total. The summed E-state index contributed by atoms with van der Waals surface area (Å²) in [4.78, 5) is 27.2. The van der Waals surface area contributed by atoms with Crippen LogP contribution in [0.25, 0.3) is 10.8 Å². The molecule has 4 aromatic rings. The highest BCUT2D eigenvalue weighted by Gasteiger charge is 2.56. The number of rotatable bonds is 7. The first-order chi connectivity index (χ1) is 19.2. The van der Waals surface area contributed by atoms with Crippen LogP contribution >= 0.6 is 0 Å². The van der Waals surface area contributed by atoms with Gasteiger partial charge in [0, 0.05) is 0 Å². The van der Waals surface area contributed by atoms with Crippen molar-refractivity contribution in [3.63, 3.8) is 0 Å². The summed E-state index contributed by atoms with van der Waals surface area (Å²) in [7, 11) is -2.84. The number of amides is 2. The van der Waals surface area contributed by atoms with E-state index in [0.29, 0.717) is 11.4 Å². The van der Waals surface area contributed by atoms with Crippen molar-refractivity contribution in [2.75, 3.05) is 23.8 Å². The SMILES string of the molecule is CNC(C)C(=O)NC1(S(=O)(=O)c2ccccc2)CNc2ccccc2N(Cc2c(C)ccc3ccccc23)C1=O. The van der Waals surface area contributed by atoms with Crippen LogP contribution in [0.4, 0.5) is 11.4 Å². The standard InChI is InChI=1S/C31H32N4O4S/c1-21-17-18-23-11-7-8-14-25(23)26(21)19-35-28-16-10-9-15-27(28)33-20-31(30(35)37,34-29(36)22(2)32-3)40(38,39)24-12-5-4-6-13-24/h4-18,22,32-33H,19-20H2,1-3H3,(H,34,36). The normalized spacial score (nSPS) is 18.0. The molecule has 0 saturated heterocycles. The summed E-state index contributed by atoms with van der Waals surface area (Å²) in [5, 5.41) is 10.7. The first-order valence-corrected chi connectivity index (χ1v) is 14.6. The van der Waals surface area contributed by atoms with Gasteiger partial charge in [0.25, 0.3) is 5.91 Å². The predicted molar refractivity (Wildman–Crippen MR) is 158 cm³/mol. The third-order valence-corrected chi connectivity index (χ3v) is 9.80. The molecule has 2 unspecified atom stereocenters. The molecule has 1 aliphatic rings. The lowest BCUT2D eigenvalue weighted by Gasteiger charge is -2.36. The second-order valence-electron chi connectivity index (χ2n) is 9.99. The summed E-state index contributed by atoms with van der Waals surface area (Å²) in [5.41, 5.74) is 2.98. The van der Waals surface area contributed by atoms with E-state index in [1.54, 1.807) is 50.4 Å². The van der Waals surface area contributed by atoms with E-state index in [-0.39, 0.29) is 18.0 Å². The molecule has 0 bridgehead atoms. The minimum atomic E-state index is -4.44. The Kier molecular flexibility index (Phi) is 7.35. The predicted octanol–water partition coefficient (Wildman–Crippen LogP) is 4.00. The van der Waals surface area contributed by atoms with E-state index < -0.39 is 32.6 Å². The van der Waals surface area contributed by atoms with E-state index in [9.17, 15) is 18.0 Å². The molecule has 5 rings (SSSR count). The van der Waals surface area contributed by atoms with Crippen molar-refractivity contribution >= 4 is 43.8 Å². The number of para-hydroxylation sites is 2. The van der Waals surface area contributed by atoms with Gasteiger partial charge in [0.05, 0.1) is 35.4 Å². The van der Waals surface area contributed by atoms with E-state index in [1.807, 2.05) is 49.4 Å². The molecule has 9 heteroatoms. The van der Waals surface area contributed by atoms with Crippen molar-refractivity contribution in [1.82, 2.24) is 10.6 Å². The lowest BCUT2D eigenvalue weighted by Crippen LogP contribution is -2.68. The molecule has 40 heavy (non-hydrogen) atoms. The van der Waals surface area contributed by atoms with Gasteiger partial charge in [-0.05, 0) is 67.1 Å². The number of carbonyl (C=O) groups is 2. The van der Waals surface area contributed by atoms with Gasteiger partial charge in [-0.25, -0.2) is 8.42 Å². The molecular formula is C31H32N4O4S. The number of likely N-dealkylation sites (N-methyl/N-ethyl adjacent to an activating group) is 1. The number of sulfone groups is 1. The summed E-state index contributed by atoms with van der Waals surface area (Å²) >= 11 is 0. The number of hydrogen-bond acceptors (Lipinski definition) is 6. The van der Waals surface area contributed by atoms with Crippen LogP contribution in [0.5, 0.6) is 0 Å². The highest BCUT2D eigenvalue weighted by molar-refractivity contribution is 7.93. The zero-order valence-corrected chi connectivity index (χ0v) is 23.5. The lowest BCUT2D eigenvalue weighted by atomic mass is 9.99. The summed E-state index contributed by atoms with van der Waals surface area (Å²) in [6.07, 6.45) is 0. The first kappa shape index (κ1) is 27.4. The van der Waals surface area contributed by atoms with Crippen LogP contribution in [0.2, 0.25) is 0 Å². The second kappa shape index (κ2) is 10.7. The van der Waals surface area contributed by atoms with Crippen molar-refractivity contribution < 1.29 is 18.0 Å². The van der Waals surface area contributed by atoms with E-state index in [2.05, 4.69) is 16.0 Å². The molecule has 0 radical (unpaired) electrons. The fraction of sp³-hybridized carbons (Fsp3) is 0.226. The summed E-state index contributed by atoms with van der Waals surface area (Å²) < 4.78 is 28.8. The Morgan fingerprint density at radius 2 is 1.65 bits per heavy atom. The van der Waals surface area contributed by atoms with E-state index >= 15 is 0 Å². The van der Waals surface area contributed by atoms with Crippen molar-refractivity contribution in [3.8, 4) is 0 Å². The van der Waals surface area contributed by atoms with E-state index in [4.69, 9.17) is 0 Å². The Labute approximate surface area is 234 Å². The second-order valence-corrected chi connectivity index (χ2v) is 12.2. The van der Waals surface area contributed by atoms with E-state index in [0.717, 1.165) is 21.9 Å². The Bertz CT molecular complexity index is 1690. The fourth-order valence-corrected chi connectivity index (χ4v) is 6.82. The smallest absolute Gasteiger partial charge is 0.271 e. The molecule has 2 amide bonds. The summed E-state index contributed by atoms with van der Waals surface area (Å²) in [5.74, 6) is -1.35. The van der Waals surface area contributed by atoms with Crippen molar-refractivity contribution in [3.05, 3.63) is 102 Å². The van der Waals surface area contributed by atoms with Gasteiger partial charge in [-0.15, -0.1) is 0 Å². The minimum absolute atomic E-state index is 0.0604.